The second-order valence-corrected chi connectivity index (χ2v) is 8.46. The molecule has 0 spiro atoms. The van der Waals surface area contributed by atoms with Crippen molar-refractivity contribution in [3.8, 4) is 5.75 Å². The van der Waals surface area contributed by atoms with Crippen LogP contribution in [0.3, 0.4) is 0 Å². The zero-order valence-electron chi connectivity index (χ0n) is 17.7. The summed E-state index contributed by atoms with van der Waals surface area (Å²) in [4.78, 5) is 19.5. The molecule has 0 saturated carbocycles. The molecule has 2 saturated heterocycles. The summed E-state index contributed by atoms with van der Waals surface area (Å²) in [6.45, 7) is 12.1. The molecule has 1 aromatic rings. The molecule has 3 rings (SSSR count). The minimum atomic E-state index is -0.0184. The number of piperidine rings is 1. The monoisotopic (exact) mass is 388 g/mol. The second kappa shape index (κ2) is 10.1. The van der Waals surface area contributed by atoms with E-state index < -0.39 is 0 Å². The first-order valence-corrected chi connectivity index (χ1v) is 10.7. The number of hydrogen-bond donors (Lipinski definition) is 1. The first kappa shape index (κ1) is 20.9. The molecule has 1 unspecified atom stereocenters. The SMILES string of the molecule is Cc1ccccc1OCC(C)NC(=O)N1CCC(CN2CCN(C)CC2)CC1. The van der Waals surface area contributed by atoms with Crippen LogP contribution >= 0.6 is 0 Å². The molecule has 2 aliphatic rings. The van der Waals surface area contributed by atoms with Crippen molar-refractivity contribution in [1.82, 2.24) is 20.0 Å². The fourth-order valence-corrected chi connectivity index (χ4v) is 3.99. The number of piperazine rings is 1. The predicted octanol–water partition coefficient (Wildman–Crippen LogP) is 2.43. The summed E-state index contributed by atoms with van der Waals surface area (Å²) >= 11 is 0. The molecule has 2 amide bonds. The molecule has 1 aromatic carbocycles. The Hall–Kier alpha value is -1.79. The number of ether oxygens (including phenoxy) is 1. The lowest BCUT2D eigenvalue weighted by Gasteiger charge is -2.38. The van der Waals surface area contributed by atoms with E-state index in [0.717, 1.165) is 37.2 Å². The number of likely N-dealkylation sites (tertiary alicyclic amines) is 1. The van der Waals surface area contributed by atoms with Crippen LogP contribution in [0.2, 0.25) is 0 Å². The summed E-state index contributed by atoms with van der Waals surface area (Å²) in [6, 6.07) is 7.99. The van der Waals surface area contributed by atoms with Crippen LogP contribution in [-0.2, 0) is 0 Å². The van der Waals surface area contributed by atoms with Gasteiger partial charge in [-0.1, -0.05) is 18.2 Å². The average Bonchev–Trinajstić information content (AvgIpc) is 2.69. The quantitative estimate of drug-likeness (QED) is 0.813. The van der Waals surface area contributed by atoms with E-state index in [4.69, 9.17) is 4.74 Å². The lowest BCUT2D eigenvalue weighted by atomic mass is 9.96. The van der Waals surface area contributed by atoms with Crippen molar-refractivity contribution >= 4 is 6.03 Å². The smallest absolute Gasteiger partial charge is 0.317 e. The molecular weight excluding hydrogens is 352 g/mol. The average molecular weight is 389 g/mol. The zero-order chi connectivity index (χ0) is 19.9. The standard InChI is InChI=1S/C22H36N4O2/c1-18-6-4-5-7-21(18)28-17-19(2)23-22(27)26-10-8-20(9-11-26)16-25-14-12-24(3)13-15-25/h4-7,19-20H,8-17H2,1-3H3,(H,23,27). The molecule has 2 aliphatic heterocycles. The van der Waals surface area contributed by atoms with Crippen molar-refractivity contribution < 1.29 is 9.53 Å². The first-order valence-electron chi connectivity index (χ1n) is 10.7. The second-order valence-electron chi connectivity index (χ2n) is 8.46. The minimum Gasteiger partial charge on any atom is -0.491 e. The summed E-state index contributed by atoms with van der Waals surface area (Å²) in [6.07, 6.45) is 2.21. The van der Waals surface area contributed by atoms with Crippen molar-refractivity contribution in [2.24, 2.45) is 5.92 Å². The maximum atomic E-state index is 12.6. The number of likely N-dealkylation sites (N-methyl/N-ethyl adjacent to an activating group) is 1. The lowest BCUT2D eigenvalue weighted by molar-refractivity contribution is 0.110. The van der Waals surface area contributed by atoms with Crippen molar-refractivity contribution in [3.63, 3.8) is 0 Å². The van der Waals surface area contributed by atoms with Crippen molar-refractivity contribution in [2.45, 2.75) is 32.7 Å². The molecule has 1 N–H and O–H groups in total. The van der Waals surface area contributed by atoms with Gasteiger partial charge >= 0.3 is 6.03 Å². The van der Waals surface area contributed by atoms with Gasteiger partial charge in [-0.05, 0) is 51.3 Å². The fourth-order valence-electron chi connectivity index (χ4n) is 3.99. The summed E-state index contributed by atoms with van der Waals surface area (Å²) < 4.78 is 5.85. The Morgan fingerprint density at radius 2 is 1.82 bits per heavy atom. The molecule has 1 atom stereocenters. The van der Waals surface area contributed by atoms with Gasteiger partial charge in [-0.2, -0.15) is 0 Å². The van der Waals surface area contributed by atoms with Gasteiger partial charge in [0, 0.05) is 45.8 Å². The van der Waals surface area contributed by atoms with Crippen LogP contribution in [0.15, 0.2) is 24.3 Å². The molecule has 156 valence electrons. The Balaban J connectivity index is 1.34. The van der Waals surface area contributed by atoms with Gasteiger partial charge in [0.15, 0.2) is 0 Å². The Bertz CT molecular complexity index is 623. The number of para-hydroxylation sites is 1. The summed E-state index contributed by atoms with van der Waals surface area (Å²) in [5.41, 5.74) is 1.11. The number of nitrogens with zero attached hydrogens (tertiary/aromatic N) is 3. The van der Waals surface area contributed by atoms with Crippen LogP contribution < -0.4 is 10.1 Å². The lowest BCUT2D eigenvalue weighted by Crippen LogP contribution is -2.50. The Morgan fingerprint density at radius 1 is 1.14 bits per heavy atom. The number of amides is 2. The maximum Gasteiger partial charge on any atom is 0.317 e. The van der Waals surface area contributed by atoms with Crippen LogP contribution in [0.1, 0.15) is 25.3 Å². The van der Waals surface area contributed by atoms with E-state index in [-0.39, 0.29) is 12.1 Å². The first-order chi connectivity index (χ1) is 13.5. The van der Waals surface area contributed by atoms with E-state index >= 15 is 0 Å². The largest absolute Gasteiger partial charge is 0.491 e. The maximum absolute atomic E-state index is 12.6. The fraction of sp³-hybridized carbons (Fsp3) is 0.682. The normalized spacial score (nSPS) is 20.8. The molecule has 0 bridgehead atoms. The Labute approximate surface area is 169 Å². The van der Waals surface area contributed by atoms with Gasteiger partial charge in [-0.3, -0.25) is 0 Å². The molecule has 0 radical (unpaired) electrons. The summed E-state index contributed by atoms with van der Waals surface area (Å²) in [5.74, 6) is 1.60. The van der Waals surface area contributed by atoms with E-state index in [1.165, 1.54) is 32.7 Å². The van der Waals surface area contributed by atoms with Crippen LogP contribution in [0.5, 0.6) is 5.75 Å². The summed E-state index contributed by atoms with van der Waals surface area (Å²) in [5, 5.41) is 3.09. The van der Waals surface area contributed by atoms with Gasteiger partial charge in [0.05, 0.1) is 6.04 Å². The summed E-state index contributed by atoms with van der Waals surface area (Å²) in [7, 11) is 2.20. The third kappa shape index (κ3) is 6.11. The topological polar surface area (TPSA) is 48.1 Å². The molecule has 28 heavy (non-hydrogen) atoms. The van der Waals surface area contributed by atoms with E-state index in [1.807, 2.05) is 43.0 Å². The van der Waals surface area contributed by atoms with Crippen molar-refractivity contribution in [3.05, 3.63) is 29.8 Å². The highest BCUT2D eigenvalue weighted by Crippen LogP contribution is 2.20. The minimum absolute atomic E-state index is 0.0184. The number of aryl methyl sites for hydroxylation is 1. The number of nitrogens with one attached hydrogen (secondary N) is 1. The van der Waals surface area contributed by atoms with Crippen LogP contribution in [0, 0.1) is 12.8 Å². The highest BCUT2D eigenvalue weighted by Gasteiger charge is 2.26. The molecule has 2 heterocycles. The van der Waals surface area contributed by atoms with Gasteiger partial charge in [-0.15, -0.1) is 0 Å². The van der Waals surface area contributed by atoms with Gasteiger partial charge < -0.3 is 24.8 Å². The van der Waals surface area contributed by atoms with Gasteiger partial charge in [0.1, 0.15) is 12.4 Å². The van der Waals surface area contributed by atoms with Crippen LogP contribution in [0.25, 0.3) is 0 Å². The van der Waals surface area contributed by atoms with E-state index in [0.29, 0.717) is 12.5 Å². The molecular formula is C22H36N4O2. The van der Waals surface area contributed by atoms with Gasteiger partial charge in [0.2, 0.25) is 0 Å². The van der Waals surface area contributed by atoms with Crippen molar-refractivity contribution in [1.29, 1.82) is 0 Å². The third-order valence-corrected chi connectivity index (χ3v) is 5.97. The molecule has 0 aromatic heterocycles. The van der Waals surface area contributed by atoms with E-state index in [9.17, 15) is 4.79 Å². The van der Waals surface area contributed by atoms with E-state index in [1.54, 1.807) is 0 Å². The highest BCUT2D eigenvalue weighted by molar-refractivity contribution is 5.74. The number of carbonyl (C=O) groups excluding carboxylic acids is 1. The molecule has 6 nitrogen and oxygen atoms in total. The van der Waals surface area contributed by atoms with Gasteiger partial charge in [0.25, 0.3) is 0 Å². The highest BCUT2D eigenvalue weighted by atomic mass is 16.5. The van der Waals surface area contributed by atoms with Crippen LogP contribution in [0.4, 0.5) is 4.79 Å². The molecule has 2 fully saturated rings. The number of rotatable bonds is 6. The molecule has 6 heteroatoms. The number of urea groups is 1. The number of benzene rings is 1. The number of carbonyl (C=O) groups is 1. The van der Waals surface area contributed by atoms with E-state index in [2.05, 4.69) is 22.2 Å². The molecule has 0 aliphatic carbocycles. The van der Waals surface area contributed by atoms with Crippen LogP contribution in [-0.4, -0.2) is 86.2 Å². The Kier molecular flexibility index (Phi) is 7.57. The zero-order valence-corrected chi connectivity index (χ0v) is 17.7. The number of hydrogen-bond acceptors (Lipinski definition) is 4. The third-order valence-electron chi connectivity index (χ3n) is 5.97. The Morgan fingerprint density at radius 3 is 2.50 bits per heavy atom. The van der Waals surface area contributed by atoms with Crippen molar-refractivity contribution in [2.75, 3.05) is 59.5 Å². The van der Waals surface area contributed by atoms with Gasteiger partial charge in [-0.25, -0.2) is 4.79 Å². The predicted molar refractivity (Wildman–Crippen MR) is 113 cm³/mol.